The first-order valence-electron chi connectivity index (χ1n) is 7.95. The first kappa shape index (κ1) is 23.0. The van der Waals surface area contributed by atoms with E-state index in [1.807, 2.05) is 19.1 Å². The van der Waals surface area contributed by atoms with E-state index in [-0.39, 0.29) is 30.7 Å². The molecule has 1 fully saturated rings. The van der Waals surface area contributed by atoms with Crippen molar-refractivity contribution >= 4 is 36.4 Å². The van der Waals surface area contributed by atoms with E-state index in [2.05, 4.69) is 24.1 Å². The van der Waals surface area contributed by atoms with Gasteiger partial charge in [0.15, 0.2) is 0 Å². The van der Waals surface area contributed by atoms with E-state index in [0.29, 0.717) is 29.8 Å². The minimum absolute atomic E-state index is 0. The van der Waals surface area contributed by atoms with Crippen LogP contribution < -0.4 is 11.1 Å². The Kier molecular flexibility index (Phi) is 10.3. The number of rotatable bonds is 5. The van der Waals surface area contributed by atoms with Gasteiger partial charge in [0, 0.05) is 36.9 Å². The normalized spacial score (nSPS) is 16.0. The maximum atomic E-state index is 12.4. The van der Waals surface area contributed by atoms with Crippen LogP contribution in [0.15, 0.2) is 18.2 Å². The number of hydrogen-bond acceptors (Lipinski definition) is 4. The molecule has 0 bridgehead atoms. The van der Waals surface area contributed by atoms with Crippen molar-refractivity contribution in [3.63, 3.8) is 0 Å². The van der Waals surface area contributed by atoms with Crippen molar-refractivity contribution in [2.75, 3.05) is 38.6 Å². The Morgan fingerprint density at radius 2 is 1.92 bits per heavy atom. The zero-order valence-electron chi connectivity index (χ0n) is 14.6. The van der Waals surface area contributed by atoms with Gasteiger partial charge >= 0.3 is 0 Å². The summed E-state index contributed by atoms with van der Waals surface area (Å²) in [5, 5.41) is 3.07. The highest BCUT2D eigenvalue weighted by molar-refractivity contribution is 5.96. The molecule has 0 spiro atoms. The van der Waals surface area contributed by atoms with Crippen LogP contribution in [0, 0.1) is 12.8 Å². The summed E-state index contributed by atoms with van der Waals surface area (Å²) in [4.78, 5) is 14.8. The number of amides is 1. The van der Waals surface area contributed by atoms with Crippen molar-refractivity contribution in [2.45, 2.75) is 26.8 Å². The Morgan fingerprint density at radius 1 is 1.29 bits per heavy atom. The zero-order valence-corrected chi connectivity index (χ0v) is 16.2. The Morgan fingerprint density at radius 3 is 2.50 bits per heavy atom. The van der Waals surface area contributed by atoms with Gasteiger partial charge in [0.2, 0.25) is 0 Å². The number of anilines is 1. The van der Waals surface area contributed by atoms with Gasteiger partial charge in [0.05, 0.1) is 13.2 Å². The highest BCUT2D eigenvalue weighted by atomic mass is 35.5. The molecule has 1 saturated heterocycles. The molecule has 0 aliphatic carbocycles. The Labute approximate surface area is 157 Å². The van der Waals surface area contributed by atoms with Gasteiger partial charge in [-0.05, 0) is 30.5 Å². The van der Waals surface area contributed by atoms with Crippen molar-refractivity contribution < 1.29 is 9.53 Å². The first-order chi connectivity index (χ1) is 10.5. The molecule has 1 heterocycles. The van der Waals surface area contributed by atoms with Crippen molar-refractivity contribution in [2.24, 2.45) is 5.92 Å². The molecule has 1 amide bonds. The molecule has 24 heavy (non-hydrogen) atoms. The van der Waals surface area contributed by atoms with Crippen molar-refractivity contribution in [1.82, 2.24) is 10.2 Å². The average molecular weight is 378 g/mol. The highest BCUT2D eigenvalue weighted by Crippen LogP contribution is 2.15. The molecule has 1 unspecified atom stereocenters. The molecule has 2 rings (SSSR count). The van der Waals surface area contributed by atoms with Crippen LogP contribution in [0.2, 0.25) is 0 Å². The second-order valence-corrected chi connectivity index (χ2v) is 6.24. The van der Waals surface area contributed by atoms with Gasteiger partial charge in [-0.2, -0.15) is 0 Å². The zero-order chi connectivity index (χ0) is 16.1. The molecule has 1 aromatic carbocycles. The Balaban J connectivity index is 0.00000264. The molecule has 0 aromatic heterocycles. The van der Waals surface area contributed by atoms with Gasteiger partial charge in [-0.25, -0.2) is 0 Å². The molecule has 5 nitrogen and oxygen atoms in total. The maximum absolute atomic E-state index is 12.4. The minimum atomic E-state index is -0.0521. The van der Waals surface area contributed by atoms with Crippen LogP contribution in [-0.2, 0) is 4.74 Å². The third-order valence-electron chi connectivity index (χ3n) is 4.26. The maximum Gasteiger partial charge on any atom is 0.251 e. The minimum Gasteiger partial charge on any atom is -0.399 e. The molecule has 3 N–H and O–H groups in total. The molecule has 1 aromatic rings. The van der Waals surface area contributed by atoms with E-state index < -0.39 is 0 Å². The van der Waals surface area contributed by atoms with E-state index in [9.17, 15) is 4.79 Å². The van der Waals surface area contributed by atoms with E-state index in [1.165, 1.54) is 0 Å². The van der Waals surface area contributed by atoms with Crippen LogP contribution in [0.5, 0.6) is 0 Å². The average Bonchev–Trinajstić information content (AvgIpc) is 2.50. The largest absolute Gasteiger partial charge is 0.399 e. The van der Waals surface area contributed by atoms with Crippen LogP contribution in [-0.4, -0.2) is 49.7 Å². The Hall–Kier alpha value is -1.01. The smallest absolute Gasteiger partial charge is 0.251 e. The van der Waals surface area contributed by atoms with Crippen molar-refractivity contribution in [3.05, 3.63) is 29.3 Å². The molecular formula is C17H29Cl2N3O2. The summed E-state index contributed by atoms with van der Waals surface area (Å²) in [7, 11) is 0. The van der Waals surface area contributed by atoms with Gasteiger partial charge in [0.25, 0.3) is 5.91 Å². The van der Waals surface area contributed by atoms with Crippen LogP contribution in [0.1, 0.15) is 29.8 Å². The number of nitrogens with one attached hydrogen (secondary N) is 1. The summed E-state index contributed by atoms with van der Waals surface area (Å²) in [6.07, 6.45) is 0. The molecule has 138 valence electrons. The molecule has 7 heteroatoms. The van der Waals surface area contributed by atoms with Crippen molar-refractivity contribution in [1.29, 1.82) is 0 Å². The predicted molar refractivity (Wildman–Crippen MR) is 103 cm³/mol. The van der Waals surface area contributed by atoms with Gasteiger partial charge in [0.1, 0.15) is 0 Å². The number of aryl methyl sites for hydroxylation is 1. The van der Waals surface area contributed by atoms with Crippen LogP contribution in [0.4, 0.5) is 5.69 Å². The van der Waals surface area contributed by atoms with Crippen LogP contribution in [0.25, 0.3) is 0 Å². The number of ether oxygens (including phenoxy) is 1. The fraction of sp³-hybridized carbons (Fsp3) is 0.588. The summed E-state index contributed by atoms with van der Waals surface area (Å²) in [5.74, 6) is 0.420. The lowest BCUT2D eigenvalue weighted by atomic mass is 10.0. The summed E-state index contributed by atoms with van der Waals surface area (Å²) >= 11 is 0. The monoisotopic (exact) mass is 377 g/mol. The van der Waals surface area contributed by atoms with E-state index in [1.54, 1.807) is 6.07 Å². The fourth-order valence-electron chi connectivity index (χ4n) is 2.87. The lowest BCUT2D eigenvalue weighted by Crippen LogP contribution is -2.51. The fourth-order valence-corrected chi connectivity index (χ4v) is 2.87. The number of nitrogen functional groups attached to an aromatic ring is 1. The second kappa shape index (κ2) is 10.8. The summed E-state index contributed by atoms with van der Waals surface area (Å²) in [6.45, 7) is 10.3. The van der Waals surface area contributed by atoms with Gasteiger partial charge in [-0.15, -0.1) is 24.8 Å². The van der Waals surface area contributed by atoms with Gasteiger partial charge < -0.3 is 15.8 Å². The number of nitrogens with zero attached hydrogens (tertiary/aromatic N) is 1. The summed E-state index contributed by atoms with van der Waals surface area (Å²) in [5.41, 5.74) is 8.00. The van der Waals surface area contributed by atoms with Gasteiger partial charge in [-0.1, -0.05) is 19.9 Å². The number of halogens is 2. The van der Waals surface area contributed by atoms with Crippen molar-refractivity contribution in [3.8, 4) is 0 Å². The van der Waals surface area contributed by atoms with Crippen LogP contribution in [0.3, 0.4) is 0 Å². The standard InChI is InChI=1S/C17H27N3O2.2ClH/c1-12(2)16(20-6-8-22-9-7-20)11-19-17(21)15-10-14(18)5-4-13(15)3;;/h4-5,10,12,16H,6-9,11,18H2,1-3H3,(H,19,21);2*1H. The number of morpholine rings is 1. The third-order valence-corrected chi connectivity index (χ3v) is 4.26. The predicted octanol–water partition coefficient (Wildman–Crippen LogP) is 2.51. The number of carbonyl (C=O) groups excluding carboxylic acids is 1. The summed E-state index contributed by atoms with van der Waals surface area (Å²) in [6, 6.07) is 5.77. The summed E-state index contributed by atoms with van der Waals surface area (Å²) < 4.78 is 5.41. The van der Waals surface area contributed by atoms with Crippen LogP contribution >= 0.6 is 24.8 Å². The number of nitrogens with two attached hydrogens (primary N) is 1. The van der Waals surface area contributed by atoms with E-state index >= 15 is 0 Å². The second-order valence-electron chi connectivity index (χ2n) is 6.24. The molecule has 0 radical (unpaired) electrons. The number of hydrogen-bond donors (Lipinski definition) is 2. The number of benzene rings is 1. The molecule has 1 aliphatic heterocycles. The van der Waals surface area contributed by atoms with Gasteiger partial charge in [-0.3, -0.25) is 9.69 Å². The molecular weight excluding hydrogens is 349 g/mol. The number of carbonyl (C=O) groups is 1. The lowest BCUT2D eigenvalue weighted by Gasteiger charge is -2.37. The lowest BCUT2D eigenvalue weighted by molar-refractivity contribution is 0.00672. The molecule has 1 atom stereocenters. The SMILES string of the molecule is Cc1ccc(N)cc1C(=O)NCC(C(C)C)N1CCOCC1.Cl.Cl. The van der Waals surface area contributed by atoms with E-state index in [0.717, 1.165) is 31.9 Å². The first-order valence-corrected chi connectivity index (χ1v) is 7.95. The quantitative estimate of drug-likeness (QED) is 0.773. The molecule has 1 aliphatic rings. The molecule has 0 saturated carbocycles. The van der Waals surface area contributed by atoms with E-state index in [4.69, 9.17) is 10.5 Å². The Bertz CT molecular complexity index is 521. The third kappa shape index (κ3) is 6.13. The topological polar surface area (TPSA) is 67.6 Å². The highest BCUT2D eigenvalue weighted by Gasteiger charge is 2.24.